The fourth-order valence-corrected chi connectivity index (χ4v) is 2.89. The van der Waals surface area contributed by atoms with Gasteiger partial charge in [0.1, 0.15) is 5.69 Å². The lowest BCUT2D eigenvalue weighted by molar-refractivity contribution is 0.0722. The first-order valence-corrected chi connectivity index (χ1v) is 6.98. The zero-order chi connectivity index (χ0) is 14.1. The summed E-state index contributed by atoms with van der Waals surface area (Å²) in [4.78, 5) is 17.9. The standard InChI is InChI=1S/C14H19N5O/c1-2-19-13(10(15)9-17-19)14(20)18-8-4-6-12(18)11-5-3-7-16-11/h3,5,7,9,12,16H,2,4,6,8,15H2,1H3. The maximum absolute atomic E-state index is 12.8. The quantitative estimate of drug-likeness (QED) is 0.894. The molecule has 0 spiro atoms. The Balaban J connectivity index is 1.91. The van der Waals surface area contributed by atoms with E-state index < -0.39 is 0 Å². The SMILES string of the molecule is CCn1ncc(N)c1C(=O)N1CCCC1c1ccc[nH]1. The lowest BCUT2D eigenvalue weighted by atomic mass is 10.1. The third-order valence-corrected chi connectivity index (χ3v) is 3.86. The van der Waals surface area contributed by atoms with Gasteiger partial charge in [-0.1, -0.05) is 0 Å². The van der Waals surface area contributed by atoms with Crippen LogP contribution in [0.5, 0.6) is 0 Å². The zero-order valence-corrected chi connectivity index (χ0v) is 11.5. The Hall–Kier alpha value is -2.24. The molecule has 6 heteroatoms. The van der Waals surface area contributed by atoms with Gasteiger partial charge in [-0.3, -0.25) is 9.48 Å². The molecule has 6 nitrogen and oxygen atoms in total. The number of hydrogen-bond acceptors (Lipinski definition) is 3. The number of aromatic amines is 1. The van der Waals surface area contributed by atoms with Crippen molar-refractivity contribution < 1.29 is 4.79 Å². The Kier molecular flexibility index (Phi) is 3.22. The predicted octanol–water partition coefficient (Wildman–Crippen LogP) is 1.79. The van der Waals surface area contributed by atoms with Crippen LogP contribution < -0.4 is 5.73 Å². The summed E-state index contributed by atoms with van der Waals surface area (Å²) in [5.41, 5.74) is 7.95. The summed E-state index contributed by atoms with van der Waals surface area (Å²) < 4.78 is 1.67. The molecule has 3 heterocycles. The lowest BCUT2D eigenvalue weighted by Crippen LogP contribution is -2.33. The van der Waals surface area contributed by atoms with Gasteiger partial charge in [0.15, 0.2) is 0 Å². The Morgan fingerprint density at radius 2 is 2.45 bits per heavy atom. The van der Waals surface area contributed by atoms with Crippen molar-refractivity contribution in [1.29, 1.82) is 0 Å². The van der Waals surface area contributed by atoms with E-state index in [1.54, 1.807) is 10.9 Å². The average Bonchev–Trinajstić information content (AvgIpc) is 3.17. The molecule has 1 fully saturated rings. The Bertz CT molecular complexity index is 601. The molecule has 2 aromatic rings. The Morgan fingerprint density at radius 1 is 1.60 bits per heavy atom. The van der Waals surface area contributed by atoms with Gasteiger partial charge in [0.25, 0.3) is 5.91 Å². The van der Waals surface area contributed by atoms with Gasteiger partial charge in [0, 0.05) is 25.0 Å². The van der Waals surface area contributed by atoms with Crippen LogP contribution in [0.15, 0.2) is 24.5 Å². The molecular formula is C14H19N5O. The van der Waals surface area contributed by atoms with Crippen LogP contribution in [0.1, 0.15) is 42.0 Å². The second-order valence-corrected chi connectivity index (χ2v) is 5.05. The first kappa shape index (κ1) is 12.8. The molecule has 1 aliphatic rings. The molecule has 0 saturated carbocycles. The second-order valence-electron chi connectivity index (χ2n) is 5.05. The first-order valence-electron chi connectivity index (χ1n) is 6.98. The minimum Gasteiger partial charge on any atom is -0.396 e. The van der Waals surface area contributed by atoms with Crippen LogP contribution >= 0.6 is 0 Å². The molecule has 2 aromatic heterocycles. The van der Waals surface area contributed by atoms with Crippen LogP contribution in [-0.2, 0) is 6.54 Å². The number of nitrogens with two attached hydrogens (primary N) is 1. The van der Waals surface area contributed by atoms with E-state index in [4.69, 9.17) is 5.73 Å². The lowest BCUT2D eigenvalue weighted by Gasteiger charge is -2.24. The summed E-state index contributed by atoms with van der Waals surface area (Å²) in [6.07, 6.45) is 5.43. The number of likely N-dealkylation sites (tertiary alicyclic amines) is 1. The molecule has 1 atom stereocenters. The molecule has 0 aromatic carbocycles. The molecule has 20 heavy (non-hydrogen) atoms. The summed E-state index contributed by atoms with van der Waals surface area (Å²) in [5.74, 6) is -0.0287. The summed E-state index contributed by atoms with van der Waals surface area (Å²) in [7, 11) is 0. The van der Waals surface area contributed by atoms with E-state index in [-0.39, 0.29) is 11.9 Å². The van der Waals surface area contributed by atoms with Gasteiger partial charge in [0.05, 0.1) is 17.9 Å². The molecule has 1 saturated heterocycles. The molecule has 106 valence electrons. The Morgan fingerprint density at radius 3 is 3.15 bits per heavy atom. The van der Waals surface area contributed by atoms with Crippen molar-refractivity contribution in [3.63, 3.8) is 0 Å². The van der Waals surface area contributed by atoms with E-state index in [9.17, 15) is 4.79 Å². The summed E-state index contributed by atoms with van der Waals surface area (Å²) in [6, 6.07) is 4.09. The fraction of sp³-hybridized carbons (Fsp3) is 0.429. The smallest absolute Gasteiger partial charge is 0.274 e. The minimum absolute atomic E-state index is 0.0287. The van der Waals surface area contributed by atoms with Crippen LogP contribution in [0.4, 0.5) is 5.69 Å². The number of H-pyrrole nitrogens is 1. The van der Waals surface area contributed by atoms with Gasteiger partial charge in [-0.2, -0.15) is 5.10 Å². The number of nitrogens with one attached hydrogen (secondary N) is 1. The molecule has 1 unspecified atom stereocenters. The van der Waals surface area contributed by atoms with E-state index in [1.165, 1.54) is 0 Å². The van der Waals surface area contributed by atoms with Crippen LogP contribution in [0, 0.1) is 0 Å². The largest absolute Gasteiger partial charge is 0.396 e. The molecule has 1 aliphatic heterocycles. The van der Waals surface area contributed by atoms with Gasteiger partial charge in [-0.05, 0) is 31.9 Å². The summed E-state index contributed by atoms with van der Waals surface area (Å²) in [6.45, 7) is 3.35. The third-order valence-electron chi connectivity index (χ3n) is 3.86. The molecular weight excluding hydrogens is 254 g/mol. The first-order chi connectivity index (χ1) is 9.72. The molecule has 0 aliphatic carbocycles. The van der Waals surface area contributed by atoms with Gasteiger partial charge < -0.3 is 15.6 Å². The number of nitrogens with zero attached hydrogens (tertiary/aromatic N) is 3. The maximum Gasteiger partial charge on any atom is 0.274 e. The summed E-state index contributed by atoms with van der Waals surface area (Å²) >= 11 is 0. The molecule has 1 amide bonds. The van der Waals surface area contributed by atoms with Crippen molar-refractivity contribution in [2.75, 3.05) is 12.3 Å². The molecule has 0 bridgehead atoms. The minimum atomic E-state index is -0.0287. The van der Waals surface area contributed by atoms with Crippen molar-refractivity contribution in [3.8, 4) is 0 Å². The number of hydrogen-bond donors (Lipinski definition) is 2. The van der Waals surface area contributed by atoms with Crippen molar-refractivity contribution in [1.82, 2.24) is 19.7 Å². The number of anilines is 1. The Labute approximate surface area is 117 Å². The number of rotatable bonds is 3. The zero-order valence-electron chi connectivity index (χ0n) is 11.5. The predicted molar refractivity (Wildman–Crippen MR) is 76.1 cm³/mol. The van der Waals surface area contributed by atoms with Crippen molar-refractivity contribution >= 4 is 11.6 Å². The highest BCUT2D eigenvalue weighted by Crippen LogP contribution is 2.32. The molecule has 0 radical (unpaired) electrons. The number of nitrogen functional groups attached to an aromatic ring is 1. The number of aryl methyl sites for hydroxylation is 1. The number of amides is 1. The van der Waals surface area contributed by atoms with Crippen molar-refractivity contribution in [3.05, 3.63) is 35.9 Å². The van der Waals surface area contributed by atoms with Crippen molar-refractivity contribution in [2.24, 2.45) is 0 Å². The van der Waals surface area contributed by atoms with E-state index in [1.807, 2.05) is 30.2 Å². The van der Waals surface area contributed by atoms with Crippen LogP contribution in [0.3, 0.4) is 0 Å². The van der Waals surface area contributed by atoms with Crippen LogP contribution in [0.25, 0.3) is 0 Å². The average molecular weight is 273 g/mol. The highest BCUT2D eigenvalue weighted by atomic mass is 16.2. The fourth-order valence-electron chi connectivity index (χ4n) is 2.89. The van der Waals surface area contributed by atoms with Gasteiger partial charge in [-0.15, -0.1) is 0 Å². The van der Waals surface area contributed by atoms with E-state index in [0.717, 1.165) is 25.1 Å². The van der Waals surface area contributed by atoms with Crippen LogP contribution in [-0.4, -0.2) is 32.1 Å². The summed E-state index contributed by atoms with van der Waals surface area (Å²) in [5, 5.41) is 4.15. The molecule has 3 rings (SSSR count). The molecule has 3 N–H and O–H groups in total. The van der Waals surface area contributed by atoms with Crippen molar-refractivity contribution in [2.45, 2.75) is 32.4 Å². The number of aromatic nitrogens is 3. The van der Waals surface area contributed by atoms with E-state index in [0.29, 0.717) is 17.9 Å². The van der Waals surface area contributed by atoms with Gasteiger partial charge in [-0.25, -0.2) is 0 Å². The van der Waals surface area contributed by atoms with E-state index in [2.05, 4.69) is 10.1 Å². The third kappa shape index (κ3) is 1.97. The normalized spacial score (nSPS) is 18.6. The number of carbonyl (C=O) groups is 1. The highest BCUT2D eigenvalue weighted by molar-refractivity contribution is 5.97. The monoisotopic (exact) mass is 273 g/mol. The maximum atomic E-state index is 12.8. The second kappa shape index (κ2) is 5.03. The van der Waals surface area contributed by atoms with Gasteiger partial charge >= 0.3 is 0 Å². The van der Waals surface area contributed by atoms with E-state index >= 15 is 0 Å². The van der Waals surface area contributed by atoms with Gasteiger partial charge in [0.2, 0.25) is 0 Å². The number of carbonyl (C=O) groups excluding carboxylic acids is 1. The highest BCUT2D eigenvalue weighted by Gasteiger charge is 2.33. The van der Waals surface area contributed by atoms with Crippen LogP contribution in [0.2, 0.25) is 0 Å². The topological polar surface area (TPSA) is 79.9 Å².